The number of rotatable bonds is 6. The number of ether oxygens (including phenoxy) is 1. The first-order chi connectivity index (χ1) is 14.3. The summed E-state index contributed by atoms with van der Waals surface area (Å²) in [5, 5.41) is 20.5. The fourth-order valence-corrected chi connectivity index (χ4v) is 2.79. The van der Waals surface area contributed by atoms with Gasteiger partial charge in [-0.15, -0.1) is 0 Å². The van der Waals surface area contributed by atoms with E-state index in [1.54, 1.807) is 37.5 Å². The summed E-state index contributed by atoms with van der Waals surface area (Å²) in [7, 11) is 2.80. The quantitative estimate of drug-likeness (QED) is 0.545. The molecule has 0 spiro atoms. The first kappa shape index (κ1) is 21.2. The Kier molecular flexibility index (Phi) is 6.28. The van der Waals surface area contributed by atoms with Gasteiger partial charge in [-0.1, -0.05) is 23.7 Å². The van der Waals surface area contributed by atoms with Crippen LogP contribution in [0.5, 0.6) is 0 Å². The molecule has 1 amide bonds. The van der Waals surface area contributed by atoms with Crippen molar-refractivity contribution in [2.24, 2.45) is 7.05 Å². The van der Waals surface area contributed by atoms with Crippen molar-refractivity contribution in [1.82, 2.24) is 24.9 Å². The number of aliphatic hydroxyl groups excluding tert-OH is 1. The summed E-state index contributed by atoms with van der Waals surface area (Å²) in [6, 6.07) is 6.67. The number of hydrogen-bond donors (Lipinski definition) is 2. The lowest BCUT2D eigenvalue weighted by Crippen LogP contribution is -2.46. The Morgan fingerprint density at radius 2 is 2.00 bits per heavy atom. The van der Waals surface area contributed by atoms with Gasteiger partial charge in [0.05, 0.1) is 31.8 Å². The molecule has 0 aliphatic rings. The summed E-state index contributed by atoms with van der Waals surface area (Å²) in [5.41, 5.74) is 0.275. The minimum Gasteiger partial charge on any atom is -0.467 e. The topological polar surface area (TPSA) is 128 Å². The van der Waals surface area contributed by atoms with E-state index in [2.05, 4.69) is 20.3 Å². The molecule has 2 heterocycles. The van der Waals surface area contributed by atoms with E-state index < -0.39 is 30.1 Å². The van der Waals surface area contributed by atoms with Gasteiger partial charge in [-0.3, -0.25) is 14.3 Å². The molecule has 10 nitrogen and oxygen atoms in total. The minimum absolute atomic E-state index is 0.277. The van der Waals surface area contributed by atoms with Crippen LogP contribution in [-0.4, -0.2) is 56.3 Å². The summed E-state index contributed by atoms with van der Waals surface area (Å²) in [6.07, 6.45) is 2.99. The monoisotopic (exact) mass is 431 g/mol. The molecule has 2 aromatic heterocycles. The number of nitrogens with zero attached hydrogens (tertiary/aromatic N) is 4. The molecule has 0 fully saturated rings. The molecule has 3 aromatic rings. The lowest BCUT2D eigenvalue weighted by molar-refractivity contribution is -0.143. The van der Waals surface area contributed by atoms with Crippen LogP contribution in [0.1, 0.15) is 10.4 Å². The molecule has 0 saturated heterocycles. The fourth-order valence-electron chi connectivity index (χ4n) is 2.67. The first-order valence-corrected chi connectivity index (χ1v) is 9.10. The van der Waals surface area contributed by atoms with Gasteiger partial charge in [0.1, 0.15) is 11.3 Å². The molecule has 1 aromatic carbocycles. The molecule has 11 heteroatoms. The summed E-state index contributed by atoms with van der Waals surface area (Å²) in [5.74, 6) is -1.70. The van der Waals surface area contributed by atoms with Crippen LogP contribution in [0.2, 0.25) is 5.02 Å². The molecule has 0 radical (unpaired) electrons. The van der Waals surface area contributed by atoms with E-state index in [9.17, 15) is 19.5 Å². The summed E-state index contributed by atoms with van der Waals surface area (Å²) >= 11 is 5.93. The van der Waals surface area contributed by atoms with E-state index in [1.807, 2.05) is 0 Å². The van der Waals surface area contributed by atoms with Crippen molar-refractivity contribution in [3.8, 4) is 16.9 Å². The van der Waals surface area contributed by atoms with Gasteiger partial charge in [0.2, 0.25) is 0 Å². The number of methoxy groups -OCH3 is 1. The lowest BCUT2D eigenvalue weighted by atomic mass is 10.1. The number of aryl methyl sites for hydroxylation is 1. The number of aromatic nitrogens is 4. The number of nitrogens with one attached hydrogen (secondary N) is 1. The molecule has 1 atom stereocenters. The van der Waals surface area contributed by atoms with Crippen LogP contribution in [0.3, 0.4) is 0 Å². The van der Waals surface area contributed by atoms with E-state index in [0.717, 1.165) is 11.8 Å². The SMILES string of the molecule is COC(=O)[C@@H](CO)NC(=O)c1cc(-c2ccc(Cl)cc2)nn(-c2cnn(C)c2)c1=O. The summed E-state index contributed by atoms with van der Waals surface area (Å²) < 4.78 is 7.06. The zero-order chi connectivity index (χ0) is 21.8. The van der Waals surface area contributed by atoms with Gasteiger partial charge in [-0.25, -0.2) is 4.79 Å². The molecule has 0 aliphatic carbocycles. The molecular formula is C19H18ClN5O5. The van der Waals surface area contributed by atoms with Gasteiger partial charge in [0.15, 0.2) is 6.04 Å². The second kappa shape index (κ2) is 8.89. The van der Waals surface area contributed by atoms with E-state index in [-0.39, 0.29) is 5.56 Å². The van der Waals surface area contributed by atoms with E-state index in [4.69, 9.17) is 11.6 Å². The van der Waals surface area contributed by atoms with Crippen LogP contribution in [-0.2, 0) is 16.6 Å². The zero-order valence-electron chi connectivity index (χ0n) is 16.1. The standard InChI is InChI=1S/C19H18ClN5O5/c1-24-9-13(8-21-24)25-18(28)14(17(27)22-16(10-26)19(29)30-2)7-15(23-25)11-3-5-12(20)6-4-11/h3-9,16,26H,10H2,1-2H3,(H,22,27)/t16-/m1/s1. The number of hydrogen-bond acceptors (Lipinski definition) is 7. The average molecular weight is 432 g/mol. The molecule has 156 valence electrons. The highest BCUT2D eigenvalue weighted by Gasteiger charge is 2.24. The molecule has 0 aliphatic heterocycles. The molecule has 2 N–H and O–H groups in total. The normalized spacial score (nSPS) is 11.7. The number of esters is 1. The smallest absolute Gasteiger partial charge is 0.330 e. The lowest BCUT2D eigenvalue weighted by Gasteiger charge is -2.14. The Labute approximate surface area is 175 Å². The highest BCUT2D eigenvalue weighted by molar-refractivity contribution is 6.30. The van der Waals surface area contributed by atoms with Crippen LogP contribution in [0.25, 0.3) is 16.9 Å². The van der Waals surface area contributed by atoms with Gasteiger partial charge in [-0.2, -0.15) is 14.9 Å². The third-order valence-corrected chi connectivity index (χ3v) is 4.46. The number of carbonyl (C=O) groups excluding carboxylic acids is 2. The van der Waals surface area contributed by atoms with Crippen LogP contribution >= 0.6 is 11.6 Å². The third kappa shape index (κ3) is 4.39. The van der Waals surface area contributed by atoms with Crippen molar-refractivity contribution >= 4 is 23.5 Å². The first-order valence-electron chi connectivity index (χ1n) is 8.73. The van der Waals surface area contributed by atoms with E-state index >= 15 is 0 Å². The van der Waals surface area contributed by atoms with Crippen molar-refractivity contribution in [3.05, 3.63) is 63.7 Å². The Balaban J connectivity index is 2.12. The Hall–Kier alpha value is -3.50. The second-order valence-corrected chi connectivity index (χ2v) is 6.71. The maximum atomic E-state index is 13.0. The third-order valence-electron chi connectivity index (χ3n) is 4.21. The number of benzene rings is 1. The Morgan fingerprint density at radius 1 is 1.30 bits per heavy atom. The van der Waals surface area contributed by atoms with Crippen LogP contribution < -0.4 is 10.9 Å². The van der Waals surface area contributed by atoms with Crippen LogP contribution in [0.15, 0.2) is 47.5 Å². The molecular weight excluding hydrogens is 414 g/mol. The second-order valence-electron chi connectivity index (χ2n) is 6.27. The molecule has 0 bridgehead atoms. The molecule has 0 unspecified atom stereocenters. The summed E-state index contributed by atoms with van der Waals surface area (Å²) in [6.45, 7) is -0.690. The number of aliphatic hydroxyl groups is 1. The highest BCUT2D eigenvalue weighted by Crippen LogP contribution is 2.20. The average Bonchev–Trinajstić information content (AvgIpc) is 3.18. The predicted octanol–water partition coefficient (Wildman–Crippen LogP) is 0.550. The van der Waals surface area contributed by atoms with Crippen LogP contribution in [0, 0.1) is 0 Å². The van der Waals surface area contributed by atoms with Crippen molar-refractivity contribution < 1.29 is 19.4 Å². The largest absolute Gasteiger partial charge is 0.467 e. The van der Waals surface area contributed by atoms with Gasteiger partial charge in [-0.05, 0) is 18.2 Å². The maximum absolute atomic E-state index is 13.0. The molecule has 0 saturated carbocycles. The Morgan fingerprint density at radius 3 is 2.57 bits per heavy atom. The summed E-state index contributed by atoms with van der Waals surface area (Å²) in [4.78, 5) is 37.4. The predicted molar refractivity (Wildman–Crippen MR) is 107 cm³/mol. The van der Waals surface area contributed by atoms with Crippen molar-refractivity contribution in [3.63, 3.8) is 0 Å². The number of amides is 1. The minimum atomic E-state index is -1.32. The number of carbonyl (C=O) groups is 2. The van der Waals surface area contributed by atoms with Gasteiger partial charge in [0.25, 0.3) is 11.5 Å². The van der Waals surface area contributed by atoms with Crippen LogP contribution in [0.4, 0.5) is 0 Å². The van der Waals surface area contributed by atoms with Gasteiger partial charge in [0, 0.05) is 17.6 Å². The maximum Gasteiger partial charge on any atom is 0.330 e. The van der Waals surface area contributed by atoms with Gasteiger partial charge >= 0.3 is 5.97 Å². The number of halogens is 1. The van der Waals surface area contributed by atoms with Crippen molar-refractivity contribution in [2.45, 2.75) is 6.04 Å². The van der Waals surface area contributed by atoms with Gasteiger partial charge < -0.3 is 15.2 Å². The zero-order valence-corrected chi connectivity index (χ0v) is 16.8. The van der Waals surface area contributed by atoms with Crippen molar-refractivity contribution in [2.75, 3.05) is 13.7 Å². The highest BCUT2D eigenvalue weighted by atomic mass is 35.5. The van der Waals surface area contributed by atoms with E-state index in [1.165, 1.54) is 16.9 Å². The van der Waals surface area contributed by atoms with Crippen molar-refractivity contribution in [1.29, 1.82) is 0 Å². The molecule has 30 heavy (non-hydrogen) atoms. The molecule has 3 rings (SSSR count). The Bertz CT molecular complexity index is 1140. The van der Waals surface area contributed by atoms with E-state index in [0.29, 0.717) is 22.0 Å². The fraction of sp³-hybridized carbons (Fsp3) is 0.211.